The van der Waals surface area contributed by atoms with E-state index in [1.807, 2.05) is 20.2 Å². The molecule has 1 unspecified atom stereocenters. The third-order valence-corrected chi connectivity index (χ3v) is 3.77. The highest BCUT2D eigenvalue weighted by Crippen LogP contribution is 2.22. The molecule has 1 rings (SSSR count). The number of amides is 1. The van der Waals surface area contributed by atoms with Gasteiger partial charge in [-0.1, -0.05) is 6.07 Å². The number of nitrogens with zero attached hydrogens (tertiary/aromatic N) is 1. The molecule has 0 aromatic carbocycles. The Kier molecular flexibility index (Phi) is 6.55. The summed E-state index contributed by atoms with van der Waals surface area (Å²) in [5.41, 5.74) is 0. The molecule has 0 fully saturated rings. The van der Waals surface area contributed by atoms with Gasteiger partial charge >= 0.3 is 0 Å². The first-order chi connectivity index (χ1) is 8.15. The zero-order valence-corrected chi connectivity index (χ0v) is 11.9. The van der Waals surface area contributed by atoms with E-state index in [0.29, 0.717) is 18.8 Å². The second-order valence-electron chi connectivity index (χ2n) is 4.09. The standard InChI is InChI=1S/C12H19ClN2OS/c1-15(2)10(11-5-4-8-17-11)9-14-12(16)6-3-7-13/h4-5,8,10H,3,6-7,9H2,1-2H3,(H,14,16). The van der Waals surface area contributed by atoms with E-state index in [2.05, 4.69) is 21.7 Å². The minimum atomic E-state index is 0.0778. The Labute approximate surface area is 112 Å². The minimum Gasteiger partial charge on any atom is -0.354 e. The highest BCUT2D eigenvalue weighted by atomic mass is 35.5. The van der Waals surface area contributed by atoms with Crippen LogP contribution < -0.4 is 5.32 Å². The lowest BCUT2D eigenvalue weighted by Crippen LogP contribution is -2.34. The Morgan fingerprint density at radius 1 is 1.59 bits per heavy atom. The molecule has 1 amide bonds. The summed E-state index contributed by atoms with van der Waals surface area (Å²) >= 11 is 7.27. The van der Waals surface area contributed by atoms with Crippen LogP contribution in [-0.4, -0.2) is 37.3 Å². The summed E-state index contributed by atoms with van der Waals surface area (Å²) in [7, 11) is 4.05. The monoisotopic (exact) mass is 274 g/mol. The van der Waals surface area contributed by atoms with Crippen LogP contribution in [0.2, 0.25) is 0 Å². The van der Waals surface area contributed by atoms with Crippen molar-refractivity contribution in [1.82, 2.24) is 10.2 Å². The minimum absolute atomic E-state index is 0.0778. The lowest BCUT2D eigenvalue weighted by Gasteiger charge is -2.23. The van der Waals surface area contributed by atoms with Crippen molar-refractivity contribution in [2.45, 2.75) is 18.9 Å². The lowest BCUT2D eigenvalue weighted by atomic mass is 10.2. The maximum atomic E-state index is 11.5. The van der Waals surface area contributed by atoms with Crippen LogP contribution in [-0.2, 0) is 4.79 Å². The number of hydrogen-bond donors (Lipinski definition) is 1. The number of carbonyl (C=O) groups is 1. The van der Waals surface area contributed by atoms with Crippen molar-refractivity contribution in [2.24, 2.45) is 0 Å². The van der Waals surface area contributed by atoms with Crippen LogP contribution in [0.1, 0.15) is 23.8 Å². The molecule has 0 saturated heterocycles. The molecule has 0 aliphatic carbocycles. The van der Waals surface area contributed by atoms with Crippen LogP contribution in [0, 0.1) is 0 Å². The Morgan fingerprint density at radius 3 is 2.88 bits per heavy atom. The van der Waals surface area contributed by atoms with Crippen molar-refractivity contribution in [1.29, 1.82) is 0 Å². The molecule has 0 radical (unpaired) electrons. The Bertz CT molecular complexity index is 327. The third kappa shape index (κ3) is 5.06. The highest BCUT2D eigenvalue weighted by Gasteiger charge is 2.15. The number of alkyl halides is 1. The maximum absolute atomic E-state index is 11.5. The number of hydrogen-bond acceptors (Lipinski definition) is 3. The van der Waals surface area contributed by atoms with Gasteiger partial charge < -0.3 is 10.2 Å². The number of carbonyl (C=O) groups excluding carboxylic acids is 1. The maximum Gasteiger partial charge on any atom is 0.220 e. The van der Waals surface area contributed by atoms with E-state index in [4.69, 9.17) is 11.6 Å². The number of rotatable bonds is 7. The fraction of sp³-hybridized carbons (Fsp3) is 0.583. The molecule has 3 nitrogen and oxygen atoms in total. The van der Waals surface area contributed by atoms with Gasteiger partial charge in [-0.05, 0) is 32.0 Å². The summed E-state index contributed by atoms with van der Waals surface area (Å²) in [5, 5.41) is 5.01. The summed E-state index contributed by atoms with van der Waals surface area (Å²) in [5.74, 6) is 0.615. The van der Waals surface area contributed by atoms with Crippen LogP contribution in [0.5, 0.6) is 0 Å². The van der Waals surface area contributed by atoms with Crippen molar-refractivity contribution >= 4 is 28.8 Å². The number of likely N-dealkylation sites (N-methyl/N-ethyl adjacent to an activating group) is 1. The van der Waals surface area contributed by atoms with E-state index >= 15 is 0 Å². The molecule has 1 atom stereocenters. The van der Waals surface area contributed by atoms with Gasteiger partial charge in [-0.15, -0.1) is 22.9 Å². The van der Waals surface area contributed by atoms with Gasteiger partial charge in [0.1, 0.15) is 0 Å². The van der Waals surface area contributed by atoms with Crippen molar-refractivity contribution in [3.8, 4) is 0 Å². The van der Waals surface area contributed by atoms with E-state index in [1.54, 1.807) is 11.3 Å². The van der Waals surface area contributed by atoms with Crippen molar-refractivity contribution < 1.29 is 4.79 Å². The molecule has 1 heterocycles. The Balaban J connectivity index is 2.43. The van der Waals surface area contributed by atoms with E-state index < -0.39 is 0 Å². The number of thiophene rings is 1. The molecular weight excluding hydrogens is 256 g/mol. The fourth-order valence-corrected chi connectivity index (χ4v) is 2.60. The van der Waals surface area contributed by atoms with E-state index in [-0.39, 0.29) is 11.9 Å². The molecule has 0 saturated carbocycles. The van der Waals surface area contributed by atoms with E-state index in [9.17, 15) is 4.79 Å². The Hall–Kier alpha value is -0.580. The fourth-order valence-electron chi connectivity index (χ4n) is 1.54. The zero-order chi connectivity index (χ0) is 12.7. The van der Waals surface area contributed by atoms with Crippen molar-refractivity contribution in [2.75, 3.05) is 26.5 Å². The van der Waals surface area contributed by atoms with E-state index in [0.717, 1.165) is 6.42 Å². The molecule has 0 aliphatic heterocycles. The molecule has 0 bridgehead atoms. The van der Waals surface area contributed by atoms with Crippen LogP contribution in [0.4, 0.5) is 0 Å². The molecule has 1 aromatic rings. The zero-order valence-electron chi connectivity index (χ0n) is 10.3. The average molecular weight is 275 g/mol. The van der Waals surface area contributed by atoms with E-state index in [1.165, 1.54) is 4.88 Å². The summed E-state index contributed by atoms with van der Waals surface area (Å²) < 4.78 is 0. The predicted octanol–water partition coefficient (Wildman–Crippen LogP) is 2.49. The molecule has 17 heavy (non-hydrogen) atoms. The third-order valence-electron chi connectivity index (χ3n) is 2.53. The second-order valence-corrected chi connectivity index (χ2v) is 5.45. The summed E-state index contributed by atoms with van der Waals surface area (Å²) in [6, 6.07) is 4.38. The molecule has 0 aliphatic rings. The van der Waals surface area contributed by atoms with Crippen molar-refractivity contribution in [3.63, 3.8) is 0 Å². The first-order valence-electron chi connectivity index (χ1n) is 5.67. The predicted molar refractivity (Wildman–Crippen MR) is 73.7 cm³/mol. The molecule has 5 heteroatoms. The van der Waals surface area contributed by atoms with Gasteiger partial charge in [0.05, 0.1) is 6.04 Å². The number of halogens is 1. The molecule has 1 aromatic heterocycles. The van der Waals surface area contributed by atoms with Gasteiger partial charge in [-0.3, -0.25) is 4.79 Å². The summed E-state index contributed by atoms with van der Waals surface area (Å²) in [4.78, 5) is 14.9. The van der Waals surface area contributed by atoms with Crippen LogP contribution in [0.3, 0.4) is 0 Å². The lowest BCUT2D eigenvalue weighted by molar-refractivity contribution is -0.121. The average Bonchev–Trinajstić information content (AvgIpc) is 2.79. The van der Waals surface area contributed by atoms with Crippen LogP contribution >= 0.6 is 22.9 Å². The van der Waals surface area contributed by atoms with Crippen LogP contribution in [0.25, 0.3) is 0 Å². The SMILES string of the molecule is CN(C)C(CNC(=O)CCCCl)c1cccs1. The first kappa shape index (κ1) is 14.5. The van der Waals surface area contributed by atoms with Gasteiger partial charge in [0, 0.05) is 23.7 Å². The quantitative estimate of drug-likeness (QED) is 0.775. The van der Waals surface area contributed by atoms with Crippen LogP contribution in [0.15, 0.2) is 17.5 Å². The largest absolute Gasteiger partial charge is 0.354 e. The molecule has 0 spiro atoms. The van der Waals surface area contributed by atoms with Gasteiger partial charge in [0.15, 0.2) is 0 Å². The number of nitrogens with one attached hydrogen (secondary N) is 1. The normalized spacial score (nSPS) is 12.7. The van der Waals surface area contributed by atoms with Gasteiger partial charge in [-0.2, -0.15) is 0 Å². The van der Waals surface area contributed by atoms with Gasteiger partial charge in [0.2, 0.25) is 5.91 Å². The molecular formula is C12H19ClN2OS. The summed E-state index contributed by atoms with van der Waals surface area (Å²) in [6.07, 6.45) is 1.24. The molecule has 96 valence electrons. The smallest absolute Gasteiger partial charge is 0.220 e. The summed E-state index contributed by atoms with van der Waals surface area (Å²) in [6.45, 7) is 0.647. The molecule has 1 N–H and O–H groups in total. The van der Waals surface area contributed by atoms with Gasteiger partial charge in [0.25, 0.3) is 0 Å². The Morgan fingerprint density at radius 2 is 2.35 bits per heavy atom. The second kappa shape index (κ2) is 7.69. The van der Waals surface area contributed by atoms with Gasteiger partial charge in [-0.25, -0.2) is 0 Å². The topological polar surface area (TPSA) is 32.3 Å². The highest BCUT2D eigenvalue weighted by molar-refractivity contribution is 7.10. The first-order valence-corrected chi connectivity index (χ1v) is 7.09. The van der Waals surface area contributed by atoms with Crippen molar-refractivity contribution in [3.05, 3.63) is 22.4 Å².